The summed E-state index contributed by atoms with van der Waals surface area (Å²) < 4.78 is 0. The largest absolute Gasteiger partial charge is 0.481 e. The minimum atomic E-state index is -0.873. The van der Waals surface area contributed by atoms with Crippen LogP contribution in [0.2, 0.25) is 0 Å². The predicted molar refractivity (Wildman–Crippen MR) is 268 cm³/mol. The first-order valence-corrected chi connectivity index (χ1v) is 23.0. The second-order valence-electron chi connectivity index (χ2n) is 17.3. The van der Waals surface area contributed by atoms with Gasteiger partial charge < -0.3 is 15.3 Å². The lowest BCUT2D eigenvalue weighted by Crippen LogP contribution is -2.78. The number of allylic oxidation sites excluding steroid dienone is 6. The van der Waals surface area contributed by atoms with Crippen LogP contribution in [0.4, 0.5) is 11.4 Å². The molecular weight excluding hydrogens is 797 g/mol. The van der Waals surface area contributed by atoms with Gasteiger partial charge in [-0.1, -0.05) is 149 Å². The predicted octanol–water partition coefficient (Wildman–Crippen LogP) is 12.9. The molecule has 0 bridgehead atoms. The number of hydrogen-bond acceptors (Lipinski definition) is 4. The van der Waals surface area contributed by atoms with Crippen molar-refractivity contribution in [2.75, 3.05) is 18.0 Å². The van der Waals surface area contributed by atoms with Gasteiger partial charge in [-0.15, -0.1) is 0 Å². The molecule has 2 atom stereocenters. The SMILES string of the molecule is CC.CCC[NH2+]c1c(C(C)(C/C=C/C(C#N)=C/C=C2/N(CCC(=O)O)c3ccc4ccccc4c3C2(C)Cc2ccc(C#N)cc2)Cc2cccc3ccccc23)ccc2ccccc12. The van der Waals surface area contributed by atoms with E-state index >= 15 is 0 Å². The lowest BCUT2D eigenvalue weighted by atomic mass is 9.72. The normalized spacial score (nSPS) is 16.3. The minimum absolute atomic E-state index is 0.0486. The molecule has 1 aliphatic heterocycles. The van der Waals surface area contributed by atoms with Crippen molar-refractivity contribution < 1.29 is 15.2 Å². The Balaban J connectivity index is 0.00000311. The van der Waals surface area contributed by atoms with Gasteiger partial charge in [0.2, 0.25) is 0 Å². The van der Waals surface area contributed by atoms with E-state index in [4.69, 9.17) is 0 Å². The Bertz CT molecular complexity index is 3010. The summed E-state index contributed by atoms with van der Waals surface area (Å²) in [5.74, 6) is -0.873. The number of carbonyl (C=O) groups is 1. The maximum Gasteiger partial charge on any atom is 0.305 e. The summed E-state index contributed by atoms with van der Waals surface area (Å²) in [5, 5.41) is 39.7. The number of fused-ring (bicyclic) bond motifs is 5. The number of aliphatic carboxylic acids is 1. The van der Waals surface area contributed by atoms with Gasteiger partial charge in [-0.05, 0) is 119 Å². The summed E-state index contributed by atoms with van der Waals surface area (Å²) >= 11 is 0. The topological polar surface area (TPSA) is 105 Å². The molecule has 326 valence electrons. The van der Waals surface area contributed by atoms with Crippen LogP contribution in [0, 0.1) is 22.7 Å². The zero-order chi connectivity index (χ0) is 46.0. The highest BCUT2D eigenvalue weighted by Gasteiger charge is 2.44. The number of nitrogens with zero attached hydrogens (tertiary/aromatic N) is 3. The molecule has 2 unspecified atom stereocenters. The van der Waals surface area contributed by atoms with Crippen molar-refractivity contribution in [2.24, 2.45) is 0 Å². The average molecular weight is 856 g/mol. The number of quaternary nitrogens is 1. The van der Waals surface area contributed by atoms with E-state index < -0.39 is 11.4 Å². The van der Waals surface area contributed by atoms with Crippen LogP contribution in [0.15, 0.2) is 175 Å². The summed E-state index contributed by atoms with van der Waals surface area (Å²) in [5.41, 5.74) is 8.11. The van der Waals surface area contributed by atoms with Crippen molar-refractivity contribution in [2.45, 2.75) is 77.6 Å². The number of benzene rings is 7. The number of hydrogen-bond donors (Lipinski definition) is 2. The quantitative estimate of drug-likeness (QED) is 0.0607. The molecule has 0 saturated heterocycles. The van der Waals surface area contributed by atoms with Gasteiger partial charge in [-0.25, -0.2) is 0 Å². The molecule has 7 aromatic rings. The summed E-state index contributed by atoms with van der Waals surface area (Å²) in [6, 6.07) is 53.3. The maximum absolute atomic E-state index is 12.1. The van der Waals surface area contributed by atoms with E-state index in [9.17, 15) is 20.4 Å². The lowest BCUT2D eigenvalue weighted by Gasteiger charge is -2.31. The number of nitriles is 2. The smallest absolute Gasteiger partial charge is 0.305 e. The Morgan fingerprint density at radius 2 is 1.43 bits per heavy atom. The van der Waals surface area contributed by atoms with Crippen LogP contribution in [-0.2, 0) is 28.5 Å². The van der Waals surface area contributed by atoms with Crippen LogP contribution in [0.3, 0.4) is 0 Å². The number of anilines is 1. The highest BCUT2D eigenvalue weighted by atomic mass is 16.4. The second kappa shape index (κ2) is 20.5. The first-order chi connectivity index (χ1) is 31.7. The Labute approximate surface area is 384 Å². The van der Waals surface area contributed by atoms with E-state index in [2.05, 4.69) is 152 Å². The Hall–Kier alpha value is -7.25. The standard InChI is InChI=1S/C57H52N4O2.C2H6/c1-4-34-60-55-49-21-10-7-16-45(49)27-29-50(55)56(2,37-46-18-11-17-43-14-5-8-19-47(43)46)33-12-13-41(38-58)26-31-52-57(3,36-40-22-24-42(39-59)25-23-40)54-48-20-9-6-15-44(48)28-30-51(54)61(52)35-32-53(62)63;1-2/h5-31,60H,4,32-37H2,1-3H3,(H,62,63);1-2H3/p+1/b13-12+,41-26-,52-31+;. The zero-order valence-corrected chi connectivity index (χ0v) is 38.3. The van der Waals surface area contributed by atoms with Crippen LogP contribution in [0.1, 0.15) is 81.7 Å². The third-order valence-corrected chi connectivity index (χ3v) is 12.9. The molecule has 0 fully saturated rings. The Morgan fingerprint density at radius 1 is 0.800 bits per heavy atom. The molecule has 6 nitrogen and oxygen atoms in total. The summed E-state index contributed by atoms with van der Waals surface area (Å²) in [6.07, 6.45) is 11.1. The minimum Gasteiger partial charge on any atom is -0.481 e. The molecule has 0 aromatic heterocycles. The molecule has 0 amide bonds. The van der Waals surface area contributed by atoms with Crippen molar-refractivity contribution in [1.29, 1.82) is 10.5 Å². The fourth-order valence-corrected chi connectivity index (χ4v) is 9.85. The van der Waals surface area contributed by atoms with E-state index in [0.29, 0.717) is 24.0 Å². The third-order valence-electron chi connectivity index (χ3n) is 12.9. The van der Waals surface area contributed by atoms with Crippen LogP contribution in [0.25, 0.3) is 32.3 Å². The monoisotopic (exact) mass is 855 g/mol. The van der Waals surface area contributed by atoms with E-state index in [-0.39, 0.29) is 18.4 Å². The first-order valence-electron chi connectivity index (χ1n) is 23.0. The molecule has 1 heterocycles. The van der Waals surface area contributed by atoms with E-state index in [1.54, 1.807) is 0 Å². The van der Waals surface area contributed by atoms with Gasteiger partial charge in [0.15, 0.2) is 0 Å². The third kappa shape index (κ3) is 9.65. The van der Waals surface area contributed by atoms with Gasteiger partial charge in [0.25, 0.3) is 0 Å². The molecule has 6 heteroatoms. The molecule has 3 N–H and O–H groups in total. The van der Waals surface area contributed by atoms with Gasteiger partial charge in [0.05, 0.1) is 36.2 Å². The summed E-state index contributed by atoms with van der Waals surface area (Å²) in [7, 11) is 0. The Morgan fingerprint density at radius 3 is 2.11 bits per heavy atom. The van der Waals surface area contributed by atoms with Crippen LogP contribution < -0.4 is 10.2 Å². The van der Waals surface area contributed by atoms with Crippen LogP contribution in [0.5, 0.6) is 0 Å². The van der Waals surface area contributed by atoms with Crippen molar-refractivity contribution in [3.05, 3.63) is 203 Å². The molecule has 0 saturated carbocycles. The van der Waals surface area contributed by atoms with Crippen molar-refractivity contribution in [1.82, 2.24) is 0 Å². The molecule has 7 aromatic carbocycles. The average Bonchev–Trinajstić information content (AvgIpc) is 3.57. The summed E-state index contributed by atoms with van der Waals surface area (Å²) in [4.78, 5) is 14.2. The molecule has 0 aliphatic carbocycles. The molecule has 0 radical (unpaired) electrons. The van der Waals surface area contributed by atoms with E-state index in [1.165, 1.54) is 38.4 Å². The van der Waals surface area contributed by atoms with Crippen LogP contribution >= 0.6 is 0 Å². The van der Waals surface area contributed by atoms with Gasteiger partial charge in [0, 0.05) is 39.7 Å². The maximum atomic E-state index is 12.1. The molecule has 65 heavy (non-hydrogen) atoms. The Kier molecular flexibility index (Phi) is 14.4. The number of carboxylic acids is 1. The van der Waals surface area contributed by atoms with Gasteiger partial charge >= 0.3 is 5.97 Å². The number of carboxylic acid groups (broad SMARTS) is 1. The zero-order valence-electron chi connectivity index (χ0n) is 38.3. The van der Waals surface area contributed by atoms with E-state index in [0.717, 1.165) is 52.7 Å². The van der Waals surface area contributed by atoms with Crippen molar-refractivity contribution in [3.63, 3.8) is 0 Å². The van der Waals surface area contributed by atoms with Crippen LogP contribution in [-0.4, -0.2) is 24.2 Å². The highest BCUT2D eigenvalue weighted by molar-refractivity contribution is 5.96. The van der Waals surface area contributed by atoms with Gasteiger partial charge in [0.1, 0.15) is 5.69 Å². The first kappa shape index (κ1) is 45.8. The number of nitrogens with two attached hydrogens (primary N) is 1. The second-order valence-corrected chi connectivity index (χ2v) is 17.3. The summed E-state index contributed by atoms with van der Waals surface area (Å²) in [6.45, 7) is 12.0. The van der Waals surface area contributed by atoms with Crippen molar-refractivity contribution in [3.8, 4) is 12.1 Å². The molecule has 8 rings (SSSR count). The fourth-order valence-electron chi connectivity index (χ4n) is 9.85. The van der Waals surface area contributed by atoms with E-state index in [1.807, 2.05) is 68.5 Å². The van der Waals surface area contributed by atoms with Gasteiger partial charge in [-0.2, -0.15) is 10.5 Å². The fraction of sp³-hybridized carbons (Fsp3) is 0.237. The van der Waals surface area contributed by atoms with Crippen molar-refractivity contribution >= 4 is 49.7 Å². The number of rotatable bonds is 15. The highest BCUT2D eigenvalue weighted by Crippen LogP contribution is 2.52. The lowest BCUT2D eigenvalue weighted by molar-refractivity contribution is -0.570. The molecular formula is C59H59N4O2+. The molecule has 0 spiro atoms. The van der Waals surface area contributed by atoms with Gasteiger partial charge in [-0.3, -0.25) is 4.79 Å². The molecule has 1 aliphatic rings.